The highest BCUT2D eigenvalue weighted by molar-refractivity contribution is 6.36. The number of hydrogen-bond donors (Lipinski definition) is 3. The van der Waals surface area contributed by atoms with Crippen molar-refractivity contribution in [3.05, 3.63) is 63.9 Å². The Bertz CT molecular complexity index is 910. The highest BCUT2D eigenvalue weighted by Crippen LogP contribution is 2.20. The van der Waals surface area contributed by atoms with Gasteiger partial charge in [0, 0.05) is 11.6 Å². The first kappa shape index (κ1) is 24.4. The molecular formula is C21H22Cl2FN3O4. The summed E-state index contributed by atoms with van der Waals surface area (Å²) in [5.41, 5.74) is 0.194. The monoisotopic (exact) mass is 469 g/mol. The summed E-state index contributed by atoms with van der Waals surface area (Å²) in [6, 6.07) is 10.1. The smallest absolute Gasteiger partial charge is 0.253 e. The van der Waals surface area contributed by atoms with E-state index in [4.69, 9.17) is 27.9 Å². The lowest BCUT2D eigenvalue weighted by atomic mass is 10.2. The summed E-state index contributed by atoms with van der Waals surface area (Å²) in [7, 11) is 0. The summed E-state index contributed by atoms with van der Waals surface area (Å²) in [6.07, 6.45) is 1.38. The first-order chi connectivity index (χ1) is 14.8. The molecule has 7 nitrogen and oxygen atoms in total. The summed E-state index contributed by atoms with van der Waals surface area (Å²) in [5.74, 6) is -1.13. The topological polar surface area (TPSA) is 96.5 Å². The number of nitrogens with one attached hydrogen (secondary N) is 3. The molecule has 0 unspecified atom stereocenters. The van der Waals surface area contributed by atoms with Gasteiger partial charge in [0.2, 0.25) is 11.8 Å². The molecule has 0 saturated carbocycles. The Hall–Kier alpha value is -2.84. The van der Waals surface area contributed by atoms with Gasteiger partial charge >= 0.3 is 0 Å². The lowest BCUT2D eigenvalue weighted by Gasteiger charge is -2.09. The minimum absolute atomic E-state index is 0.174. The molecule has 0 aliphatic rings. The highest BCUT2D eigenvalue weighted by Gasteiger charge is 2.12. The Labute approximate surface area is 189 Å². The summed E-state index contributed by atoms with van der Waals surface area (Å²) in [6.45, 7) is 0.358. The number of carbonyl (C=O) groups excluding carboxylic acids is 3. The van der Waals surface area contributed by atoms with Crippen LogP contribution in [0.2, 0.25) is 10.0 Å². The molecule has 0 bridgehead atoms. The number of benzene rings is 2. The summed E-state index contributed by atoms with van der Waals surface area (Å²) < 4.78 is 18.2. The lowest BCUT2D eigenvalue weighted by molar-refractivity contribution is -0.125. The fraction of sp³-hybridized carbons (Fsp3) is 0.286. The van der Waals surface area contributed by atoms with E-state index in [9.17, 15) is 18.8 Å². The zero-order valence-electron chi connectivity index (χ0n) is 16.6. The molecule has 0 saturated heterocycles. The molecule has 2 rings (SSSR count). The molecule has 0 fully saturated rings. The minimum Gasteiger partial charge on any atom is -0.494 e. The van der Waals surface area contributed by atoms with Crippen molar-refractivity contribution in [1.29, 1.82) is 0 Å². The zero-order chi connectivity index (χ0) is 22.6. The predicted molar refractivity (Wildman–Crippen MR) is 116 cm³/mol. The van der Waals surface area contributed by atoms with Gasteiger partial charge in [-0.25, -0.2) is 4.39 Å². The SMILES string of the molecule is O=C(CNC(=O)CNC(=O)c1ccc(Cl)cc1Cl)NCCCCOc1ccc(F)cc1. The molecular weight excluding hydrogens is 448 g/mol. The van der Waals surface area contributed by atoms with Crippen molar-refractivity contribution in [2.75, 3.05) is 26.2 Å². The number of ether oxygens (including phenoxy) is 1. The van der Waals surface area contributed by atoms with Crippen LogP contribution < -0.4 is 20.7 Å². The Balaban J connectivity index is 1.53. The van der Waals surface area contributed by atoms with Gasteiger partial charge in [-0.05, 0) is 55.3 Å². The second-order valence-corrected chi connectivity index (χ2v) is 7.29. The van der Waals surface area contributed by atoms with Crippen LogP contribution in [0.5, 0.6) is 5.75 Å². The van der Waals surface area contributed by atoms with Crippen molar-refractivity contribution < 1.29 is 23.5 Å². The molecule has 0 heterocycles. The highest BCUT2D eigenvalue weighted by atomic mass is 35.5. The van der Waals surface area contributed by atoms with Crippen LogP contribution in [0.1, 0.15) is 23.2 Å². The Morgan fingerprint density at radius 3 is 2.26 bits per heavy atom. The summed E-state index contributed by atoms with van der Waals surface area (Å²) >= 11 is 11.7. The van der Waals surface area contributed by atoms with Crippen LogP contribution in [0.3, 0.4) is 0 Å². The van der Waals surface area contributed by atoms with Crippen LogP contribution >= 0.6 is 23.2 Å². The van der Waals surface area contributed by atoms with E-state index in [-0.39, 0.29) is 35.4 Å². The molecule has 0 spiro atoms. The second kappa shape index (κ2) is 12.8. The van der Waals surface area contributed by atoms with Gasteiger partial charge in [0.1, 0.15) is 11.6 Å². The van der Waals surface area contributed by atoms with Crippen molar-refractivity contribution in [1.82, 2.24) is 16.0 Å². The van der Waals surface area contributed by atoms with Gasteiger partial charge < -0.3 is 20.7 Å². The van der Waals surface area contributed by atoms with Gasteiger partial charge in [-0.15, -0.1) is 0 Å². The van der Waals surface area contributed by atoms with Gasteiger partial charge in [0.15, 0.2) is 0 Å². The summed E-state index contributed by atoms with van der Waals surface area (Å²) in [4.78, 5) is 35.6. The van der Waals surface area contributed by atoms with Gasteiger partial charge in [-0.2, -0.15) is 0 Å². The van der Waals surface area contributed by atoms with E-state index in [1.54, 1.807) is 12.1 Å². The number of hydrogen-bond acceptors (Lipinski definition) is 4. The van der Waals surface area contributed by atoms with Crippen molar-refractivity contribution in [2.45, 2.75) is 12.8 Å². The third-order valence-electron chi connectivity index (χ3n) is 4.01. The maximum atomic E-state index is 12.8. The quantitative estimate of drug-likeness (QED) is 0.440. The van der Waals surface area contributed by atoms with E-state index in [1.807, 2.05) is 0 Å². The van der Waals surface area contributed by atoms with Gasteiger partial charge in [0.05, 0.1) is 30.3 Å². The van der Waals surface area contributed by atoms with Crippen molar-refractivity contribution >= 4 is 40.9 Å². The lowest BCUT2D eigenvalue weighted by Crippen LogP contribution is -2.42. The van der Waals surface area contributed by atoms with E-state index in [1.165, 1.54) is 30.3 Å². The average Bonchev–Trinajstić information content (AvgIpc) is 2.74. The molecule has 0 aromatic heterocycles. The Kier molecular flexibility index (Phi) is 10.1. The normalized spacial score (nSPS) is 10.3. The number of unbranched alkanes of at least 4 members (excludes halogenated alkanes) is 1. The maximum Gasteiger partial charge on any atom is 0.253 e. The van der Waals surface area contributed by atoms with E-state index in [2.05, 4.69) is 16.0 Å². The first-order valence-electron chi connectivity index (χ1n) is 9.50. The maximum absolute atomic E-state index is 12.8. The molecule has 2 aromatic rings. The molecule has 10 heteroatoms. The molecule has 0 atom stereocenters. The van der Waals surface area contributed by atoms with E-state index < -0.39 is 11.8 Å². The van der Waals surface area contributed by atoms with Gasteiger partial charge in [-0.3, -0.25) is 14.4 Å². The van der Waals surface area contributed by atoms with Crippen LogP contribution in [0, 0.1) is 5.82 Å². The van der Waals surface area contributed by atoms with Crippen LogP contribution in [-0.4, -0.2) is 44.0 Å². The largest absolute Gasteiger partial charge is 0.494 e. The fourth-order valence-electron chi connectivity index (χ4n) is 2.41. The Morgan fingerprint density at radius 2 is 1.55 bits per heavy atom. The molecule has 0 radical (unpaired) electrons. The molecule has 0 aliphatic carbocycles. The standard InChI is InChI=1S/C21H22Cl2FN3O4/c22-14-3-8-17(18(23)11-14)21(30)27-13-20(29)26-12-19(28)25-9-1-2-10-31-16-6-4-15(24)5-7-16/h3-8,11H,1-2,9-10,12-13H2,(H,25,28)(H,26,29)(H,27,30). The van der Waals surface area contributed by atoms with Crippen molar-refractivity contribution in [3.63, 3.8) is 0 Å². The number of amides is 3. The number of halogens is 3. The predicted octanol–water partition coefficient (Wildman–Crippen LogP) is 2.95. The number of rotatable bonds is 11. The van der Waals surface area contributed by atoms with E-state index >= 15 is 0 Å². The van der Waals surface area contributed by atoms with Crippen molar-refractivity contribution in [2.24, 2.45) is 0 Å². The third kappa shape index (κ3) is 9.23. The average molecular weight is 470 g/mol. The van der Waals surface area contributed by atoms with Gasteiger partial charge in [0.25, 0.3) is 5.91 Å². The summed E-state index contributed by atoms with van der Waals surface area (Å²) in [5, 5.41) is 8.08. The zero-order valence-corrected chi connectivity index (χ0v) is 18.1. The van der Waals surface area contributed by atoms with Crippen LogP contribution in [-0.2, 0) is 9.59 Å². The first-order valence-corrected chi connectivity index (χ1v) is 10.3. The molecule has 3 amide bonds. The molecule has 0 aliphatic heterocycles. The third-order valence-corrected chi connectivity index (χ3v) is 4.55. The van der Waals surface area contributed by atoms with Crippen LogP contribution in [0.15, 0.2) is 42.5 Å². The number of carbonyl (C=O) groups is 3. The molecule has 166 valence electrons. The minimum atomic E-state index is -0.524. The van der Waals surface area contributed by atoms with Gasteiger partial charge in [-0.1, -0.05) is 23.2 Å². The van der Waals surface area contributed by atoms with Crippen LogP contribution in [0.25, 0.3) is 0 Å². The van der Waals surface area contributed by atoms with Crippen molar-refractivity contribution in [3.8, 4) is 5.75 Å². The molecule has 31 heavy (non-hydrogen) atoms. The Morgan fingerprint density at radius 1 is 0.871 bits per heavy atom. The molecule has 2 aromatic carbocycles. The van der Waals surface area contributed by atoms with Crippen LogP contribution in [0.4, 0.5) is 4.39 Å². The fourth-order valence-corrected chi connectivity index (χ4v) is 2.90. The second-order valence-electron chi connectivity index (χ2n) is 6.44. The molecule has 3 N–H and O–H groups in total. The van der Waals surface area contributed by atoms with E-state index in [0.717, 1.165) is 0 Å². The van der Waals surface area contributed by atoms with E-state index in [0.29, 0.717) is 36.8 Å².